The van der Waals surface area contributed by atoms with Crippen molar-refractivity contribution in [2.24, 2.45) is 0 Å². The molecule has 0 aliphatic carbocycles. The van der Waals surface area contributed by atoms with Crippen LogP contribution in [0.15, 0.2) is 35.3 Å². The van der Waals surface area contributed by atoms with E-state index in [-0.39, 0.29) is 28.4 Å². The quantitative estimate of drug-likeness (QED) is 0.642. The molecule has 0 saturated heterocycles. The Balaban J connectivity index is 2.40. The Morgan fingerprint density at radius 3 is 2.79 bits per heavy atom. The SMILES string of the molecule is O=c1ccnc(/C=C/c2cc(O)ccc2[N+](=O)[O-])[nH]1. The third kappa shape index (κ3) is 3.03. The van der Waals surface area contributed by atoms with Crippen molar-refractivity contribution in [3.63, 3.8) is 0 Å². The van der Waals surface area contributed by atoms with Gasteiger partial charge in [0.25, 0.3) is 11.2 Å². The van der Waals surface area contributed by atoms with Crippen LogP contribution in [0.1, 0.15) is 11.4 Å². The second-order valence-corrected chi connectivity index (χ2v) is 3.65. The summed E-state index contributed by atoms with van der Waals surface area (Å²) in [5.41, 5.74) is -0.246. The first-order valence-corrected chi connectivity index (χ1v) is 5.27. The molecule has 0 fully saturated rings. The number of nitro benzene ring substituents is 1. The maximum Gasteiger partial charge on any atom is 0.276 e. The number of H-pyrrole nitrogens is 1. The number of hydrogen-bond acceptors (Lipinski definition) is 5. The molecular weight excluding hydrogens is 250 g/mol. The number of aromatic amines is 1. The molecule has 2 aromatic rings. The number of aromatic hydroxyl groups is 1. The Morgan fingerprint density at radius 2 is 2.11 bits per heavy atom. The van der Waals surface area contributed by atoms with E-state index >= 15 is 0 Å². The zero-order chi connectivity index (χ0) is 13.8. The molecular formula is C12H9N3O4. The van der Waals surface area contributed by atoms with E-state index in [2.05, 4.69) is 9.97 Å². The molecule has 0 amide bonds. The fourth-order valence-corrected chi connectivity index (χ4v) is 1.48. The van der Waals surface area contributed by atoms with Crippen LogP contribution in [0, 0.1) is 10.1 Å². The molecule has 0 radical (unpaired) electrons. The summed E-state index contributed by atoms with van der Waals surface area (Å²) < 4.78 is 0. The Kier molecular flexibility index (Phi) is 3.37. The van der Waals surface area contributed by atoms with E-state index in [1.165, 1.54) is 42.6 Å². The van der Waals surface area contributed by atoms with Crippen molar-refractivity contribution in [2.45, 2.75) is 0 Å². The van der Waals surface area contributed by atoms with Crippen molar-refractivity contribution in [1.29, 1.82) is 0 Å². The van der Waals surface area contributed by atoms with Crippen LogP contribution in [0.25, 0.3) is 12.2 Å². The average molecular weight is 259 g/mol. The molecule has 0 aliphatic rings. The van der Waals surface area contributed by atoms with Gasteiger partial charge in [-0.1, -0.05) is 0 Å². The minimum Gasteiger partial charge on any atom is -0.508 e. The lowest BCUT2D eigenvalue weighted by Crippen LogP contribution is -2.05. The molecule has 96 valence electrons. The molecule has 1 heterocycles. The second-order valence-electron chi connectivity index (χ2n) is 3.65. The average Bonchev–Trinajstić information content (AvgIpc) is 2.36. The lowest BCUT2D eigenvalue weighted by Gasteiger charge is -1.98. The third-order valence-corrected chi connectivity index (χ3v) is 2.32. The van der Waals surface area contributed by atoms with Gasteiger partial charge in [-0.05, 0) is 24.3 Å². The number of benzene rings is 1. The van der Waals surface area contributed by atoms with Crippen LogP contribution >= 0.6 is 0 Å². The summed E-state index contributed by atoms with van der Waals surface area (Å²) in [5.74, 6) is 0.185. The maximum atomic E-state index is 11.1. The van der Waals surface area contributed by atoms with Crippen LogP contribution in [0.5, 0.6) is 5.75 Å². The number of hydrogen-bond donors (Lipinski definition) is 2. The smallest absolute Gasteiger partial charge is 0.276 e. The van der Waals surface area contributed by atoms with Crippen LogP contribution < -0.4 is 5.56 Å². The van der Waals surface area contributed by atoms with Crippen LogP contribution in [0.2, 0.25) is 0 Å². The minimum absolute atomic E-state index is 0.0836. The van der Waals surface area contributed by atoms with E-state index in [0.29, 0.717) is 0 Å². The van der Waals surface area contributed by atoms with Gasteiger partial charge in [0.15, 0.2) is 0 Å². The van der Waals surface area contributed by atoms with Crippen LogP contribution in [0.3, 0.4) is 0 Å². The van der Waals surface area contributed by atoms with Gasteiger partial charge in [-0.25, -0.2) is 4.98 Å². The number of nitro groups is 1. The minimum atomic E-state index is -0.555. The highest BCUT2D eigenvalue weighted by atomic mass is 16.6. The molecule has 2 rings (SSSR count). The van der Waals surface area contributed by atoms with Gasteiger partial charge >= 0.3 is 0 Å². The topological polar surface area (TPSA) is 109 Å². The fourth-order valence-electron chi connectivity index (χ4n) is 1.48. The third-order valence-electron chi connectivity index (χ3n) is 2.32. The van der Waals surface area contributed by atoms with E-state index in [4.69, 9.17) is 0 Å². The normalized spacial score (nSPS) is 10.7. The van der Waals surface area contributed by atoms with Crippen molar-refractivity contribution < 1.29 is 10.0 Å². The highest BCUT2D eigenvalue weighted by molar-refractivity contribution is 5.72. The summed E-state index contributed by atoms with van der Waals surface area (Å²) in [6.45, 7) is 0. The second kappa shape index (κ2) is 5.13. The number of nitrogens with one attached hydrogen (secondary N) is 1. The monoisotopic (exact) mass is 259 g/mol. The lowest BCUT2D eigenvalue weighted by molar-refractivity contribution is -0.385. The van der Waals surface area contributed by atoms with E-state index in [9.17, 15) is 20.0 Å². The molecule has 2 N–H and O–H groups in total. The molecule has 0 unspecified atom stereocenters. The fraction of sp³-hybridized carbons (Fsp3) is 0. The van der Waals surface area contributed by atoms with Gasteiger partial charge in [0.1, 0.15) is 11.6 Å². The van der Waals surface area contributed by atoms with Crippen molar-refractivity contribution in [3.05, 3.63) is 62.3 Å². The Labute approximate surface area is 107 Å². The molecule has 7 heteroatoms. The predicted molar refractivity (Wildman–Crippen MR) is 68.5 cm³/mol. The van der Waals surface area contributed by atoms with Crippen molar-refractivity contribution >= 4 is 17.8 Å². The highest BCUT2D eigenvalue weighted by Crippen LogP contribution is 2.24. The summed E-state index contributed by atoms with van der Waals surface area (Å²) in [4.78, 5) is 27.6. The molecule has 0 spiro atoms. The molecule has 0 saturated carbocycles. The number of rotatable bonds is 3. The van der Waals surface area contributed by atoms with Gasteiger partial charge in [-0.15, -0.1) is 0 Å². The van der Waals surface area contributed by atoms with Gasteiger partial charge in [0.05, 0.1) is 10.5 Å². The highest BCUT2D eigenvalue weighted by Gasteiger charge is 2.11. The van der Waals surface area contributed by atoms with Crippen LogP contribution in [-0.2, 0) is 0 Å². The standard InChI is InChI=1S/C12H9N3O4/c16-9-2-3-10(15(18)19)8(7-9)1-4-11-13-6-5-12(17)14-11/h1-7,16H,(H,13,14,17)/b4-1+. The maximum absolute atomic E-state index is 11.1. The molecule has 0 aliphatic heterocycles. The first kappa shape index (κ1) is 12.5. The van der Waals surface area contributed by atoms with E-state index in [1.54, 1.807) is 0 Å². The lowest BCUT2D eigenvalue weighted by atomic mass is 10.1. The molecule has 19 heavy (non-hydrogen) atoms. The summed E-state index contributed by atoms with van der Waals surface area (Å²) in [6.07, 6.45) is 4.15. The zero-order valence-corrected chi connectivity index (χ0v) is 9.61. The molecule has 0 bridgehead atoms. The molecule has 1 aromatic heterocycles. The van der Waals surface area contributed by atoms with Crippen molar-refractivity contribution in [3.8, 4) is 5.75 Å². The van der Waals surface area contributed by atoms with Gasteiger partial charge in [0, 0.05) is 18.3 Å². The van der Waals surface area contributed by atoms with E-state index < -0.39 is 4.92 Å². The predicted octanol–water partition coefficient (Wildman–Crippen LogP) is 1.55. The van der Waals surface area contributed by atoms with Crippen molar-refractivity contribution in [1.82, 2.24) is 9.97 Å². The number of phenolic OH excluding ortho intramolecular Hbond substituents is 1. The van der Waals surface area contributed by atoms with Gasteiger partial charge < -0.3 is 10.1 Å². The molecule has 0 atom stereocenters. The number of aromatic nitrogens is 2. The summed E-state index contributed by atoms with van der Waals surface area (Å²) in [6, 6.07) is 4.96. The number of nitrogens with zero attached hydrogens (tertiary/aromatic N) is 2. The van der Waals surface area contributed by atoms with Crippen LogP contribution in [0.4, 0.5) is 5.69 Å². The van der Waals surface area contributed by atoms with Crippen LogP contribution in [-0.4, -0.2) is 20.0 Å². The largest absolute Gasteiger partial charge is 0.508 e. The van der Waals surface area contributed by atoms with Gasteiger partial charge in [-0.3, -0.25) is 14.9 Å². The van der Waals surface area contributed by atoms with E-state index in [1.807, 2.05) is 0 Å². The summed E-state index contributed by atoms with van der Waals surface area (Å²) >= 11 is 0. The Morgan fingerprint density at radius 1 is 1.32 bits per heavy atom. The zero-order valence-electron chi connectivity index (χ0n) is 9.61. The summed E-state index contributed by atoms with van der Waals surface area (Å²) in [7, 11) is 0. The Bertz CT molecular complexity index is 706. The number of phenols is 1. The van der Waals surface area contributed by atoms with E-state index in [0.717, 1.165) is 0 Å². The van der Waals surface area contributed by atoms with Gasteiger partial charge in [0.2, 0.25) is 0 Å². The molecule has 7 nitrogen and oxygen atoms in total. The molecule has 1 aromatic carbocycles. The van der Waals surface area contributed by atoms with Gasteiger partial charge in [-0.2, -0.15) is 0 Å². The summed E-state index contributed by atoms with van der Waals surface area (Å²) in [5, 5.41) is 20.1. The Hall–Kier alpha value is -2.96. The van der Waals surface area contributed by atoms with Crippen molar-refractivity contribution in [2.75, 3.05) is 0 Å². The first-order chi connectivity index (χ1) is 9.06. The first-order valence-electron chi connectivity index (χ1n) is 5.27.